The smallest absolute Gasteiger partial charge is 0.295 e. The van der Waals surface area contributed by atoms with E-state index in [2.05, 4.69) is 9.97 Å². The first kappa shape index (κ1) is 20.3. The molecule has 1 amide bonds. The summed E-state index contributed by atoms with van der Waals surface area (Å²) in [6, 6.07) is 11.3. The summed E-state index contributed by atoms with van der Waals surface area (Å²) in [5.41, 5.74) is 1.63. The third-order valence-electron chi connectivity index (χ3n) is 5.24. The molecule has 2 aromatic carbocycles. The van der Waals surface area contributed by atoms with Crippen LogP contribution in [0.15, 0.2) is 66.6 Å². The molecule has 3 aromatic rings. The number of aromatic nitrogens is 2. The van der Waals surface area contributed by atoms with Crippen LogP contribution in [0.25, 0.3) is 5.76 Å². The SMILES string of the molecule is COc1cccc([C@H]2C(=C(O)c3ccc(F)cc3)C(=O)C(=O)N2CCc2cnc[nH]2)c1. The number of carbonyl (C=O) groups excluding carboxylic acids is 2. The van der Waals surface area contributed by atoms with E-state index in [4.69, 9.17) is 4.74 Å². The first-order valence-electron chi connectivity index (χ1n) is 9.65. The summed E-state index contributed by atoms with van der Waals surface area (Å²) < 4.78 is 18.6. The molecule has 158 valence electrons. The van der Waals surface area contributed by atoms with Gasteiger partial charge in [-0.05, 0) is 42.0 Å². The number of H-pyrrole nitrogens is 1. The molecule has 7 nitrogen and oxygen atoms in total. The minimum absolute atomic E-state index is 0.0468. The van der Waals surface area contributed by atoms with Crippen LogP contribution in [0, 0.1) is 5.82 Å². The number of aliphatic hydroxyl groups is 1. The Kier molecular flexibility index (Phi) is 5.53. The number of nitrogens with zero attached hydrogens (tertiary/aromatic N) is 2. The molecular formula is C23H20FN3O4. The Morgan fingerprint density at radius 1 is 1.23 bits per heavy atom. The summed E-state index contributed by atoms with van der Waals surface area (Å²) in [5, 5.41) is 10.9. The Hall–Kier alpha value is -3.94. The van der Waals surface area contributed by atoms with Gasteiger partial charge in [0.1, 0.15) is 17.3 Å². The first-order valence-corrected chi connectivity index (χ1v) is 9.65. The van der Waals surface area contributed by atoms with Crippen molar-refractivity contribution in [3.8, 4) is 5.75 Å². The summed E-state index contributed by atoms with van der Waals surface area (Å²) in [5.74, 6) is -1.77. The van der Waals surface area contributed by atoms with Gasteiger partial charge in [0.15, 0.2) is 0 Å². The van der Waals surface area contributed by atoms with Crippen molar-refractivity contribution < 1.29 is 23.8 Å². The van der Waals surface area contributed by atoms with Crippen molar-refractivity contribution in [2.45, 2.75) is 12.5 Å². The molecule has 1 atom stereocenters. The van der Waals surface area contributed by atoms with E-state index in [0.29, 0.717) is 17.7 Å². The molecule has 4 rings (SSSR count). The Morgan fingerprint density at radius 2 is 2.00 bits per heavy atom. The van der Waals surface area contributed by atoms with Gasteiger partial charge in [0.2, 0.25) is 0 Å². The van der Waals surface area contributed by atoms with Crippen molar-refractivity contribution in [1.29, 1.82) is 0 Å². The van der Waals surface area contributed by atoms with Gasteiger partial charge in [-0.2, -0.15) is 0 Å². The number of hydrogen-bond donors (Lipinski definition) is 2. The number of benzene rings is 2. The zero-order valence-electron chi connectivity index (χ0n) is 16.7. The lowest BCUT2D eigenvalue weighted by Gasteiger charge is -2.25. The van der Waals surface area contributed by atoms with Gasteiger partial charge in [-0.15, -0.1) is 0 Å². The molecule has 2 N–H and O–H groups in total. The lowest BCUT2D eigenvalue weighted by atomic mass is 9.95. The summed E-state index contributed by atoms with van der Waals surface area (Å²) in [6.07, 6.45) is 3.64. The average molecular weight is 421 g/mol. The van der Waals surface area contributed by atoms with Crippen molar-refractivity contribution >= 4 is 17.4 Å². The highest BCUT2D eigenvalue weighted by Gasteiger charge is 2.46. The molecule has 31 heavy (non-hydrogen) atoms. The fourth-order valence-corrected chi connectivity index (χ4v) is 3.69. The predicted molar refractivity (Wildman–Crippen MR) is 111 cm³/mol. The number of Topliss-reactive ketones (excluding diaryl/α,β-unsaturated/α-hetero) is 1. The van der Waals surface area contributed by atoms with Gasteiger partial charge >= 0.3 is 0 Å². The highest BCUT2D eigenvalue weighted by molar-refractivity contribution is 6.46. The molecule has 2 heterocycles. The molecule has 1 saturated heterocycles. The van der Waals surface area contributed by atoms with E-state index in [1.54, 1.807) is 30.5 Å². The number of ether oxygens (including phenoxy) is 1. The van der Waals surface area contributed by atoms with Crippen LogP contribution in [0.3, 0.4) is 0 Å². The molecule has 0 saturated carbocycles. The zero-order chi connectivity index (χ0) is 22.0. The molecule has 1 aliphatic heterocycles. The molecule has 0 radical (unpaired) electrons. The Labute approximate surface area is 177 Å². The van der Waals surface area contributed by atoms with E-state index in [1.807, 2.05) is 0 Å². The third-order valence-corrected chi connectivity index (χ3v) is 5.24. The normalized spacial score (nSPS) is 17.9. The minimum atomic E-state index is -0.817. The maximum atomic E-state index is 13.3. The Balaban J connectivity index is 1.81. The standard InChI is InChI=1S/C23H20FN3O4/c1-31-18-4-2-3-15(11-18)20-19(21(28)14-5-7-16(24)8-6-14)22(29)23(30)27(20)10-9-17-12-25-13-26-17/h2-8,11-13,20,28H,9-10H2,1H3,(H,25,26)/t20-/m0/s1. The number of halogens is 1. The number of nitrogens with one attached hydrogen (secondary N) is 1. The number of likely N-dealkylation sites (tertiary alicyclic amines) is 1. The highest BCUT2D eigenvalue weighted by atomic mass is 19.1. The van der Waals surface area contributed by atoms with Gasteiger partial charge in [0, 0.05) is 30.4 Å². The number of ketones is 1. The zero-order valence-corrected chi connectivity index (χ0v) is 16.7. The lowest BCUT2D eigenvalue weighted by molar-refractivity contribution is -0.139. The van der Waals surface area contributed by atoms with E-state index < -0.39 is 23.5 Å². The second-order valence-corrected chi connectivity index (χ2v) is 7.10. The maximum absolute atomic E-state index is 13.3. The maximum Gasteiger partial charge on any atom is 0.295 e. The van der Waals surface area contributed by atoms with Crippen LogP contribution in [-0.4, -0.2) is 45.3 Å². The predicted octanol–water partition coefficient (Wildman–Crippen LogP) is 3.22. The van der Waals surface area contributed by atoms with E-state index in [0.717, 1.165) is 5.69 Å². The summed E-state index contributed by atoms with van der Waals surface area (Å²) in [4.78, 5) is 34.2. The van der Waals surface area contributed by atoms with E-state index in [9.17, 15) is 19.1 Å². The number of amides is 1. The summed E-state index contributed by atoms with van der Waals surface area (Å²) in [6.45, 7) is 0.231. The molecule has 1 aromatic heterocycles. The molecule has 0 spiro atoms. The lowest BCUT2D eigenvalue weighted by Crippen LogP contribution is -2.31. The van der Waals surface area contributed by atoms with Crippen LogP contribution in [0.2, 0.25) is 0 Å². The van der Waals surface area contributed by atoms with Crippen molar-refractivity contribution in [2.24, 2.45) is 0 Å². The van der Waals surface area contributed by atoms with Gasteiger partial charge in [-0.1, -0.05) is 12.1 Å². The van der Waals surface area contributed by atoms with Gasteiger partial charge in [-0.3, -0.25) is 9.59 Å². The molecular weight excluding hydrogens is 401 g/mol. The number of hydrogen-bond acceptors (Lipinski definition) is 5. The van der Waals surface area contributed by atoms with Crippen LogP contribution >= 0.6 is 0 Å². The second kappa shape index (κ2) is 8.43. The number of carbonyl (C=O) groups is 2. The van der Waals surface area contributed by atoms with Crippen molar-refractivity contribution in [1.82, 2.24) is 14.9 Å². The first-order chi connectivity index (χ1) is 15.0. The molecule has 0 bridgehead atoms. The quantitative estimate of drug-likeness (QED) is 0.362. The average Bonchev–Trinajstić information content (AvgIpc) is 3.39. The van der Waals surface area contributed by atoms with Gasteiger partial charge in [0.25, 0.3) is 11.7 Å². The molecule has 0 aliphatic carbocycles. The van der Waals surface area contributed by atoms with Crippen molar-refractivity contribution in [2.75, 3.05) is 13.7 Å². The van der Waals surface area contributed by atoms with Crippen molar-refractivity contribution in [3.05, 3.63) is 89.3 Å². The molecule has 0 unspecified atom stereocenters. The van der Waals surface area contributed by atoms with E-state index in [-0.39, 0.29) is 23.4 Å². The van der Waals surface area contributed by atoms with Gasteiger partial charge in [0.05, 0.1) is 25.1 Å². The second-order valence-electron chi connectivity index (χ2n) is 7.10. The van der Waals surface area contributed by atoms with Crippen LogP contribution < -0.4 is 4.74 Å². The number of methoxy groups -OCH3 is 1. The summed E-state index contributed by atoms with van der Waals surface area (Å²) >= 11 is 0. The fraction of sp³-hybridized carbons (Fsp3) is 0.174. The number of imidazole rings is 1. The van der Waals surface area contributed by atoms with Gasteiger partial charge in [-0.25, -0.2) is 9.37 Å². The largest absolute Gasteiger partial charge is 0.507 e. The van der Waals surface area contributed by atoms with Gasteiger partial charge < -0.3 is 19.7 Å². The van der Waals surface area contributed by atoms with Crippen LogP contribution in [0.1, 0.15) is 22.9 Å². The topological polar surface area (TPSA) is 95.5 Å². The number of rotatable bonds is 6. The number of aliphatic hydroxyl groups excluding tert-OH is 1. The van der Waals surface area contributed by atoms with Crippen LogP contribution in [0.5, 0.6) is 5.75 Å². The fourth-order valence-electron chi connectivity index (χ4n) is 3.69. The number of aromatic amines is 1. The minimum Gasteiger partial charge on any atom is -0.507 e. The van der Waals surface area contributed by atoms with Crippen molar-refractivity contribution in [3.63, 3.8) is 0 Å². The molecule has 1 fully saturated rings. The van der Waals surface area contributed by atoms with Crippen LogP contribution in [0.4, 0.5) is 4.39 Å². The molecule has 1 aliphatic rings. The van der Waals surface area contributed by atoms with E-state index >= 15 is 0 Å². The van der Waals surface area contributed by atoms with E-state index in [1.165, 1.54) is 42.6 Å². The monoisotopic (exact) mass is 421 g/mol. The Bertz CT molecular complexity index is 1140. The summed E-state index contributed by atoms with van der Waals surface area (Å²) in [7, 11) is 1.52. The highest BCUT2D eigenvalue weighted by Crippen LogP contribution is 2.40. The molecule has 8 heteroatoms. The Morgan fingerprint density at radius 3 is 2.68 bits per heavy atom. The van der Waals surface area contributed by atoms with Crippen LogP contribution in [-0.2, 0) is 16.0 Å². The third kappa shape index (κ3) is 3.92.